The van der Waals surface area contributed by atoms with E-state index in [4.69, 9.17) is 0 Å². The van der Waals surface area contributed by atoms with Gasteiger partial charge in [-0.25, -0.2) is 0 Å². The monoisotopic (exact) mass is 155 g/mol. The summed E-state index contributed by atoms with van der Waals surface area (Å²) >= 11 is 0. The summed E-state index contributed by atoms with van der Waals surface area (Å²) in [6.07, 6.45) is 6.96. The van der Waals surface area contributed by atoms with Crippen molar-refractivity contribution in [3.8, 4) is 0 Å². The Morgan fingerprint density at radius 1 is 1.27 bits per heavy atom. The van der Waals surface area contributed by atoms with Crippen LogP contribution in [0.3, 0.4) is 0 Å². The average molecular weight is 155 g/mol. The molecule has 0 saturated heterocycles. The third kappa shape index (κ3) is 2.82. The number of hydrogen-bond donors (Lipinski definition) is 1. The molecule has 0 aliphatic heterocycles. The second-order valence-corrected chi connectivity index (χ2v) is 3.72. The van der Waals surface area contributed by atoms with Gasteiger partial charge in [0.05, 0.1) is 0 Å². The van der Waals surface area contributed by atoms with Crippen LogP contribution in [0.1, 0.15) is 46.0 Å². The molecule has 1 rings (SSSR count). The van der Waals surface area contributed by atoms with Crippen LogP contribution >= 0.6 is 0 Å². The molecule has 0 radical (unpaired) electrons. The number of nitrogens with one attached hydrogen (secondary N) is 1. The molecule has 11 heavy (non-hydrogen) atoms. The van der Waals surface area contributed by atoms with Crippen LogP contribution in [0.2, 0.25) is 0 Å². The molecule has 1 fully saturated rings. The minimum atomic E-state index is 0.774. The van der Waals surface area contributed by atoms with E-state index in [1.54, 1.807) is 0 Å². The summed E-state index contributed by atoms with van der Waals surface area (Å²) in [5.41, 5.74) is 0. The molecule has 0 atom stereocenters. The van der Waals surface area contributed by atoms with Gasteiger partial charge in [-0.3, -0.25) is 0 Å². The molecule has 1 heteroatoms. The summed E-state index contributed by atoms with van der Waals surface area (Å²) in [6, 6.07) is 0.774. The van der Waals surface area contributed by atoms with Crippen molar-refractivity contribution in [2.75, 3.05) is 6.54 Å². The highest BCUT2D eigenvalue weighted by Gasteiger charge is 2.17. The Morgan fingerprint density at radius 3 is 2.27 bits per heavy atom. The minimum Gasteiger partial charge on any atom is -0.314 e. The van der Waals surface area contributed by atoms with Crippen molar-refractivity contribution in [1.82, 2.24) is 5.32 Å². The molecule has 0 unspecified atom stereocenters. The van der Waals surface area contributed by atoms with Crippen LogP contribution in [0.5, 0.6) is 0 Å². The number of rotatable bonds is 5. The Morgan fingerprint density at radius 2 is 1.91 bits per heavy atom. The summed E-state index contributed by atoms with van der Waals surface area (Å²) in [7, 11) is 0. The van der Waals surface area contributed by atoms with Crippen LogP contribution in [0.4, 0.5) is 0 Å². The van der Waals surface area contributed by atoms with Crippen LogP contribution in [-0.4, -0.2) is 12.6 Å². The van der Waals surface area contributed by atoms with E-state index in [0.717, 1.165) is 12.0 Å². The summed E-state index contributed by atoms with van der Waals surface area (Å²) in [4.78, 5) is 0. The van der Waals surface area contributed by atoms with Crippen molar-refractivity contribution in [3.63, 3.8) is 0 Å². The molecule has 0 aromatic carbocycles. The first-order valence-electron chi connectivity index (χ1n) is 5.10. The van der Waals surface area contributed by atoms with Gasteiger partial charge in [0.2, 0.25) is 0 Å². The second kappa shape index (κ2) is 4.76. The smallest absolute Gasteiger partial charge is 0.00619 e. The van der Waals surface area contributed by atoms with E-state index >= 15 is 0 Å². The van der Waals surface area contributed by atoms with Gasteiger partial charge in [0, 0.05) is 6.04 Å². The number of hydrogen-bond acceptors (Lipinski definition) is 1. The van der Waals surface area contributed by atoms with Gasteiger partial charge < -0.3 is 5.32 Å². The van der Waals surface area contributed by atoms with Crippen molar-refractivity contribution in [2.24, 2.45) is 5.92 Å². The second-order valence-electron chi connectivity index (χ2n) is 3.72. The van der Waals surface area contributed by atoms with Gasteiger partial charge in [-0.1, -0.05) is 20.3 Å². The van der Waals surface area contributed by atoms with Crippen molar-refractivity contribution < 1.29 is 0 Å². The van der Waals surface area contributed by atoms with E-state index in [2.05, 4.69) is 19.2 Å². The predicted octanol–water partition coefficient (Wildman–Crippen LogP) is 2.56. The molecular formula is C10H21N. The molecule has 0 heterocycles. The van der Waals surface area contributed by atoms with E-state index in [9.17, 15) is 0 Å². The van der Waals surface area contributed by atoms with Crippen LogP contribution in [-0.2, 0) is 0 Å². The Balaban J connectivity index is 1.99. The van der Waals surface area contributed by atoms with Crippen LogP contribution < -0.4 is 5.32 Å². The maximum Gasteiger partial charge on any atom is 0.00619 e. The average Bonchev–Trinajstić information content (AvgIpc) is 1.95. The zero-order chi connectivity index (χ0) is 8.10. The molecule has 1 saturated carbocycles. The fourth-order valence-electron chi connectivity index (χ4n) is 1.61. The molecule has 0 aromatic rings. The van der Waals surface area contributed by atoms with E-state index in [1.165, 1.54) is 38.6 Å². The van der Waals surface area contributed by atoms with Gasteiger partial charge in [0.15, 0.2) is 0 Å². The first-order valence-corrected chi connectivity index (χ1v) is 5.10. The van der Waals surface area contributed by atoms with Crippen molar-refractivity contribution in [2.45, 2.75) is 52.0 Å². The Hall–Kier alpha value is -0.0400. The molecule has 0 aromatic heterocycles. The third-order valence-corrected chi connectivity index (χ3v) is 2.91. The molecule has 1 N–H and O–H groups in total. The molecule has 1 nitrogen and oxygen atoms in total. The van der Waals surface area contributed by atoms with Crippen molar-refractivity contribution in [1.29, 1.82) is 0 Å². The van der Waals surface area contributed by atoms with Gasteiger partial charge in [-0.05, 0) is 38.1 Å². The van der Waals surface area contributed by atoms with Gasteiger partial charge in [-0.2, -0.15) is 0 Å². The fourth-order valence-corrected chi connectivity index (χ4v) is 1.61. The fraction of sp³-hybridized carbons (Fsp3) is 1.00. The maximum absolute atomic E-state index is 3.62. The van der Waals surface area contributed by atoms with Crippen molar-refractivity contribution in [3.05, 3.63) is 0 Å². The van der Waals surface area contributed by atoms with E-state index in [1.807, 2.05) is 0 Å². The molecular weight excluding hydrogens is 134 g/mol. The van der Waals surface area contributed by atoms with Gasteiger partial charge in [0.25, 0.3) is 0 Å². The lowest BCUT2D eigenvalue weighted by atomic mass is 9.85. The lowest BCUT2D eigenvalue weighted by Gasteiger charge is -2.27. The standard InChI is InChI=1S/C10H21N/c1-3-10(4-2)11-8-9-6-5-7-9/h9-11H,3-8H2,1-2H3. The SMILES string of the molecule is CCC(CC)NCC1CCC1. The highest BCUT2D eigenvalue weighted by molar-refractivity contribution is 4.73. The Bertz CT molecular complexity index is 93.0. The lowest BCUT2D eigenvalue weighted by molar-refractivity contribution is 0.285. The molecule has 0 spiro atoms. The highest BCUT2D eigenvalue weighted by Crippen LogP contribution is 2.25. The van der Waals surface area contributed by atoms with E-state index in [0.29, 0.717) is 0 Å². The zero-order valence-corrected chi connectivity index (χ0v) is 7.90. The van der Waals surface area contributed by atoms with E-state index < -0.39 is 0 Å². The lowest BCUT2D eigenvalue weighted by Crippen LogP contribution is -2.34. The third-order valence-electron chi connectivity index (χ3n) is 2.91. The summed E-state index contributed by atoms with van der Waals surface area (Å²) in [5.74, 6) is 1.01. The predicted molar refractivity (Wildman–Crippen MR) is 49.7 cm³/mol. The van der Waals surface area contributed by atoms with E-state index in [-0.39, 0.29) is 0 Å². The first kappa shape index (κ1) is 9.05. The largest absolute Gasteiger partial charge is 0.314 e. The molecule has 0 amide bonds. The van der Waals surface area contributed by atoms with Gasteiger partial charge in [0.1, 0.15) is 0 Å². The Kier molecular flexibility index (Phi) is 3.92. The molecule has 66 valence electrons. The zero-order valence-electron chi connectivity index (χ0n) is 7.90. The normalized spacial score (nSPS) is 18.8. The van der Waals surface area contributed by atoms with Crippen LogP contribution in [0.15, 0.2) is 0 Å². The summed E-state index contributed by atoms with van der Waals surface area (Å²) in [5, 5.41) is 3.62. The molecule has 1 aliphatic rings. The van der Waals surface area contributed by atoms with Gasteiger partial charge >= 0.3 is 0 Å². The first-order chi connectivity index (χ1) is 5.36. The van der Waals surface area contributed by atoms with Crippen LogP contribution in [0, 0.1) is 5.92 Å². The summed E-state index contributed by atoms with van der Waals surface area (Å²) < 4.78 is 0. The van der Waals surface area contributed by atoms with Gasteiger partial charge in [-0.15, -0.1) is 0 Å². The highest BCUT2D eigenvalue weighted by atomic mass is 14.9. The quantitative estimate of drug-likeness (QED) is 0.643. The molecule has 0 bridgehead atoms. The topological polar surface area (TPSA) is 12.0 Å². The van der Waals surface area contributed by atoms with Crippen molar-refractivity contribution >= 4 is 0 Å². The van der Waals surface area contributed by atoms with Crippen LogP contribution in [0.25, 0.3) is 0 Å². The molecule has 1 aliphatic carbocycles. The minimum absolute atomic E-state index is 0.774. The summed E-state index contributed by atoms with van der Waals surface area (Å²) in [6.45, 7) is 5.80. The Labute approximate surface area is 70.6 Å². The maximum atomic E-state index is 3.62.